The average molecular weight is 194 g/mol. The fourth-order valence-electron chi connectivity index (χ4n) is 1.52. The lowest BCUT2D eigenvalue weighted by Gasteiger charge is -2.21. The van der Waals surface area contributed by atoms with Crippen LogP contribution in [-0.2, 0) is 4.75 Å². The van der Waals surface area contributed by atoms with Gasteiger partial charge < -0.3 is 0 Å². The number of rotatable bonds is 1. The molecule has 0 saturated heterocycles. The van der Waals surface area contributed by atoms with Gasteiger partial charge in [-0.15, -0.1) is 11.8 Å². The van der Waals surface area contributed by atoms with E-state index in [2.05, 4.69) is 19.1 Å². The third kappa shape index (κ3) is 1.63. The van der Waals surface area contributed by atoms with E-state index in [4.69, 9.17) is 0 Å². The molecule has 0 N–H and O–H groups in total. The molecular formula is C11H11FS. The first-order valence-electron chi connectivity index (χ1n) is 4.28. The molecule has 0 spiro atoms. The van der Waals surface area contributed by atoms with E-state index in [0.29, 0.717) is 0 Å². The highest BCUT2D eigenvalue weighted by molar-refractivity contribution is 8.00. The lowest BCUT2D eigenvalue weighted by atomic mass is 10.00. The minimum atomic E-state index is -0.153. The van der Waals surface area contributed by atoms with Gasteiger partial charge in [-0.25, -0.2) is 4.39 Å². The van der Waals surface area contributed by atoms with Crippen LogP contribution in [0.5, 0.6) is 0 Å². The van der Waals surface area contributed by atoms with E-state index in [1.165, 1.54) is 6.07 Å². The summed E-state index contributed by atoms with van der Waals surface area (Å²) in [4.78, 5) is 0. The fourth-order valence-corrected chi connectivity index (χ4v) is 2.54. The van der Waals surface area contributed by atoms with Crippen LogP contribution < -0.4 is 0 Å². The maximum atomic E-state index is 13.0. The number of benzene rings is 1. The van der Waals surface area contributed by atoms with Gasteiger partial charge in [-0.3, -0.25) is 0 Å². The Morgan fingerprint density at radius 1 is 1.46 bits per heavy atom. The van der Waals surface area contributed by atoms with Crippen molar-refractivity contribution in [2.24, 2.45) is 0 Å². The second kappa shape index (κ2) is 3.18. The summed E-state index contributed by atoms with van der Waals surface area (Å²) in [5.74, 6) is 0.868. The molecule has 0 bridgehead atoms. The quantitative estimate of drug-likeness (QED) is 0.618. The molecule has 13 heavy (non-hydrogen) atoms. The summed E-state index contributed by atoms with van der Waals surface area (Å²) in [7, 11) is 0. The van der Waals surface area contributed by atoms with Crippen molar-refractivity contribution in [3.05, 3.63) is 47.8 Å². The van der Waals surface area contributed by atoms with Crippen LogP contribution in [0.3, 0.4) is 0 Å². The summed E-state index contributed by atoms with van der Waals surface area (Å²) in [5, 5.41) is 0. The molecule has 1 aromatic carbocycles. The monoisotopic (exact) mass is 194 g/mol. The second-order valence-corrected chi connectivity index (χ2v) is 4.80. The molecule has 1 heterocycles. The van der Waals surface area contributed by atoms with Crippen molar-refractivity contribution in [1.82, 2.24) is 0 Å². The standard InChI is InChI=1S/C11H11FS/c1-11(6-3-7-13-11)9-4-2-5-10(12)8-9/h2-6,8H,7H2,1H3/t11-/m1/s1. The highest BCUT2D eigenvalue weighted by Crippen LogP contribution is 2.41. The number of halogens is 1. The molecule has 0 radical (unpaired) electrons. The first-order valence-corrected chi connectivity index (χ1v) is 5.27. The van der Waals surface area contributed by atoms with Gasteiger partial charge in [-0.2, -0.15) is 0 Å². The maximum absolute atomic E-state index is 13.0. The predicted octanol–water partition coefficient (Wildman–Crippen LogP) is 3.34. The Morgan fingerprint density at radius 2 is 2.31 bits per heavy atom. The van der Waals surface area contributed by atoms with Crippen LogP contribution in [0.1, 0.15) is 12.5 Å². The van der Waals surface area contributed by atoms with Crippen molar-refractivity contribution >= 4 is 11.8 Å². The molecule has 1 aliphatic heterocycles. The first-order chi connectivity index (χ1) is 6.21. The van der Waals surface area contributed by atoms with Gasteiger partial charge in [-0.1, -0.05) is 24.3 Å². The summed E-state index contributed by atoms with van der Waals surface area (Å²) < 4.78 is 12.9. The Hall–Kier alpha value is -0.760. The fraction of sp³-hybridized carbons (Fsp3) is 0.273. The van der Waals surface area contributed by atoms with Crippen molar-refractivity contribution in [3.63, 3.8) is 0 Å². The van der Waals surface area contributed by atoms with E-state index in [1.54, 1.807) is 12.1 Å². The molecule has 0 fully saturated rings. The van der Waals surface area contributed by atoms with Crippen molar-refractivity contribution in [1.29, 1.82) is 0 Å². The summed E-state index contributed by atoms with van der Waals surface area (Å²) >= 11 is 1.83. The number of thioether (sulfide) groups is 1. The smallest absolute Gasteiger partial charge is 0.123 e. The molecule has 0 aliphatic carbocycles. The number of hydrogen-bond donors (Lipinski definition) is 0. The highest BCUT2D eigenvalue weighted by Gasteiger charge is 2.26. The molecule has 1 aromatic rings. The maximum Gasteiger partial charge on any atom is 0.123 e. The Kier molecular flexibility index (Phi) is 2.16. The van der Waals surface area contributed by atoms with Crippen molar-refractivity contribution in [2.75, 3.05) is 5.75 Å². The van der Waals surface area contributed by atoms with Gasteiger partial charge in [0.25, 0.3) is 0 Å². The van der Waals surface area contributed by atoms with Crippen LogP contribution in [0.25, 0.3) is 0 Å². The van der Waals surface area contributed by atoms with E-state index in [-0.39, 0.29) is 10.6 Å². The molecular weight excluding hydrogens is 183 g/mol. The minimum Gasteiger partial charge on any atom is -0.207 e. The predicted molar refractivity (Wildman–Crippen MR) is 55.4 cm³/mol. The zero-order valence-electron chi connectivity index (χ0n) is 7.46. The van der Waals surface area contributed by atoms with Gasteiger partial charge in [0.15, 0.2) is 0 Å². The molecule has 1 atom stereocenters. The topological polar surface area (TPSA) is 0 Å². The van der Waals surface area contributed by atoms with E-state index in [9.17, 15) is 4.39 Å². The van der Waals surface area contributed by atoms with E-state index in [1.807, 2.05) is 17.8 Å². The van der Waals surface area contributed by atoms with Crippen LogP contribution in [0.15, 0.2) is 36.4 Å². The van der Waals surface area contributed by atoms with Gasteiger partial charge in [-0.05, 0) is 24.6 Å². The zero-order chi connectivity index (χ0) is 9.31. The average Bonchev–Trinajstić information content (AvgIpc) is 2.54. The molecule has 1 aliphatic rings. The van der Waals surface area contributed by atoms with Crippen LogP contribution in [-0.4, -0.2) is 5.75 Å². The second-order valence-electron chi connectivity index (χ2n) is 3.33. The van der Waals surface area contributed by atoms with Gasteiger partial charge in [0.05, 0.1) is 4.75 Å². The van der Waals surface area contributed by atoms with Gasteiger partial charge in [0, 0.05) is 5.75 Å². The molecule has 0 unspecified atom stereocenters. The van der Waals surface area contributed by atoms with Gasteiger partial charge in [0.1, 0.15) is 5.82 Å². The molecule has 0 amide bonds. The third-order valence-corrected chi connectivity index (χ3v) is 3.64. The largest absolute Gasteiger partial charge is 0.207 e. The number of hydrogen-bond acceptors (Lipinski definition) is 1. The van der Waals surface area contributed by atoms with Gasteiger partial charge >= 0.3 is 0 Å². The summed E-state index contributed by atoms with van der Waals surface area (Å²) in [6.07, 6.45) is 4.28. The normalized spacial score (nSPS) is 26.6. The SMILES string of the molecule is C[C@]1(c2cccc(F)c2)C=CCS1. The van der Waals surface area contributed by atoms with Gasteiger partial charge in [0.2, 0.25) is 0 Å². The van der Waals surface area contributed by atoms with E-state index >= 15 is 0 Å². The summed E-state index contributed by atoms with van der Waals surface area (Å²) in [5.41, 5.74) is 1.05. The van der Waals surface area contributed by atoms with Crippen molar-refractivity contribution in [2.45, 2.75) is 11.7 Å². The summed E-state index contributed by atoms with van der Waals surface area (Å²) in [6.45, 7) is 2.12. The van der Waals surface area contributed by atoms with Crippen LogP contribution >= 0.6 is 11.8 Å². The van der Waals surface area contributed by atoms with Crippen LogP contribution in [0, 0.1) is 5.82 Å². The van der Waals surface area contributed by atoms with Crippen molar-refractivity contribution in [3.8, 4) is 0 Å². The molecule has 0 saturated carbocycles. The molecule has 2 heteroatoms. The molecule has 68 valence electrons. The third-order valence-electron chi connectivity index (χ3n) is 2.31. The van der Waals surface area contributed by atoms with Crippen LogP contribution in [0.2, 0.25) is 0 Å². The molecule has 0 nitrogen and oxygen atoms in total. The first kappa shape index (κ1) is 8.82. The Bertz CT molecular complexity index is 346. The van der Waals surface area contributed by atoms with E-state index in [0.717, 1.165) is 11.3 Å². The van der Waals surface area contributed by atoms with E-state index < -0.39 is 0 Å². The summed E-state index contributed by atoms with van der Waals surface area (Å²) in [6, 6.07) is 6.84. The Labute approximate surface area is 81.8 Å². The zero-order valence-corrected chi connectivity index (χ0v) is 8.27. The minimum absolute atomic E-state index is 0.0257. The Morgan fingerprint density at radius 3 is 2.92 bits per heavy atom. The molecule has 0 aromatic heterocycles. The lowest BCUT2D eigenvalue weighted by Crippen LogP contribution is -2.11. The van der Waals surface area contributed by atoms with Crippen LogP contribution in [0.4, 0.5) is 4.39 Å². The lowest BCUT2D eigenvalue weighted by molar-refractivity contribution is 0.623. The highest BCUT2D eigenvalue weighted by atomic mass is 32.2. The van der Waals surface area contributed by atoms with Crippen molar-refractivity contribution < 1.29 is 4.39 Å². The Balaban J connectivity index is 2.39. The molecule has 2 rings (SSSR count).